The molecule has 6 heteroatoms. The molecule has 1 atom stereocenters. The minimum absolute atomic E-state index is 0.144. The van der Waals surface area contributed by atoms with E-state index in [0.717, 1.165) is 36.1 Å². The predicted molar refractivity (Wildman–Crippen MR) is 125 cm³/mol. The first-order valence-corrected chi connectivity index (χ1v) is 11.4. The summed E-state index contributed by atoms with van der Waals surface area (Å²) in [6.45, 7) is 2.55. The number of benzene rings is 2. The third-order valence-corrected chi connectivity index (χ3v) is 5.89. The lowest BCUT2D eigenvalue weighted by Gasteiger charge is -2.24. The predicted octanol–water partition coefficient (Wildman–Crippen LogP) is 3.24. The highest BCUT2D eigenvalue weighted by atomic mass is 16.6. The van der Waals surface area contributed by atoms with E-state index in [1.807, 2.05) is 24.3 Å². The van der Waals surface area contributed by atoms with Crippen LogP contribution < -0.4 is 10.4 Å². The SMILES string of the molecule is O=c1nc(OC[C@@H]2COCCO2)cc2n1CCc1cc(C#CCCc3ccccc3)ccc1-2. The van der Waals surface area contributed by atoms with Crippen LogP contribution in [0.5, 0.6) is 5.88 Å². The molecule has 1 aromatic heterocycles. The maximum Gasteiger partial charge on any atom is 0.351 e. The lowest BCUT2D eigenvalue weighted by atomic mass is 9.95. The Morgan fingerprint density at radius 2 is 2.03 bits per heavy atom. The molecule has 1 saturated heterocycles. The molecule has 3 heterocycles. The minimum Gasteiger partial charge on any atom is -0.475 e. The third-order valence-electron chi connectivity index (χ3n) is 5.89. The third kappa shape index (κ3) is 5.16. The summed E-state index contributed by atoms with van der Waals surface area (Å²) in [5.74, 6) is 6.89. The standard InChI is InChI=1S/C27H26N2O4/c30-27-28-26(33-19-23-18-31-14-15-32-23)17-25-24-11-10-21(16-22(24)12-13-29(25)27)9-5-4-8-20-6-2-1-3-7-20/h1-3,6-7,10-11,16-17,23H,4,8,12-15,18-19H2/t23-/m0/s1. The molecule has 5 rings (SSSR count). The van der Waals surface area contributed by atoms with E-state index in [1.165, 1.54) is 11.1 Å². The van der Waals surface area contributed by atoms with E-state index < -0.39 is 0 Å². The monoisotopic (exact) mass is 442 g/mol. The largest absolute Gasteiger partial charge is 0.475 e. The van der Waals surface area contributed by atoms with Crippen LogP contribution in [0.15, 0.2) is 59.4 Å². The fraction of sp³-hybridized carbons (Fsp3) is 0.333. The van der Waals surface area contributed by atoms with Crippen LogP contribution in [0.4, 0.5) is 0 Å². The van der Waals surface area contributed by atoms with Gasteiger partial charge in [0, 0.05) is 30.2 Å². The second kappa shape index (κ2) is 10.0. The van der Waals surface area contributed by atoms with Gasteiger partial charge in [-0.3, -0.25) is 4.57 Å². The molecule has 6 nitrogen and oxygen atoms in total. The van der Waals surface area contributed by atoms with E-state index >= 15 is 0 Å². The Kier molecular flexibility index (Phi) is 6.52. The smallest absolute Gasteiger partial charge is 0.351 e. The van der Waals surface area contributed by atoms with Crippen LogP contribution in [-0.4, -0.2) is 42.1 Å². The number of nitrogens with zero attached hydrogens (tertiary/aromatic N) is 2. The van der Waals surface area contributed by atoms with Gasteiger partial charge in [0.15, 0.2) is 0 Å². The number of rotatable bonds is 5. The second-order valence-electron chi connectivity index (χ2n) is 8.20. The molecule has 0 bridgehead atoms. The van der Waals surface area contributed by atoms with Crippen molar-refractivity contribution in [1.82, 2.24) is 9.55 Å². The zero-order valence-electron chi connectivity index (χ0n) is 18.5. The minimum atomic E-state index is -0.293. The van der Waals surface area contributed by atoms with Crippen molar-refractivity contribution < 1.29 is 14.2 Å². The normalized spacial score (nSPS) is 16.8. The van der Waals surface area contributed by atoms with Crippen LogP contribution >= 0.6 is 0 Å². The molecule has 0 amide bonds. The lowest BCUT2D eigenvalue weighted by molar-refractivity contribution is -0.102. The van der Waals surface area contributed by atoms with E-state index in [9.17, 15) is 4.79 Å². The Hall–Kier alpha value is -3.40. The van der Waals surface area contributed by atoms with Gasteiger partial charge in [0.25, 0.3) is 0 Å². The Morgan fingerprint density at radius 3 is 2.88 bits per heavy atom. The second-order valence-corrected chi connectivity index (χ2v) is 8.20. The van der Waals surface area contributed by atoms with Crippen molar-refractivity contribution in [3.63, 3.8) is 0 Å². The van der Waals surface area contributed by atoms with Crippen molar-refractivity contribution in [3.05, 3.63) is 81.8 Å². The highest BCUT2D eigenvalue weighted by molar-refractivity contribution is 5.67. The van der Waals surface area contributed by atoms with E-state index in [2.05, 4.69) is 47.2 Å². The number of aromatic nitrogens is 2. The summed E-state index contributed by atoms with van der Waals surface area (Å²) in [5.41, 5.74) is 5.04. The maximum absolute atomic E-state index is 12.6. The van der Waals surface area contributed by atoms with Crippen molar-refractivity contribution in [2.45, 2.75) is 31.9 Å². The van der Waals surface area contributed by atoms with E-state index in [1.54, 1.807) is 4.57 Å². The van der Waals surface area contributed by atoms with Crippen molar-refractivity contribution in [2.24, 2.45) is 0 Å². The number of hydrogen-bond acceptors (Lipinski definition) is 5. The van der Waals surface area contributed by atoms with Crippen LogP contribution in [0.1, 0.15) is 23.1 Å². The van der Waals surface area contributed by atoms with Gasteiger partial charge in [0.05, 0.1) is 25.5 Å². The molecule has 2 aromatic carbocycles. The highest BCUT2D eigenvalue weighted by Gasteiger charge is 2.20. The van der Waals surface area contributed by atoms with Gasteiger partial charge >= 0.3 is 5.69 Å². The molecule has 0 N–H and O–H groups in total. The van der Waals surface area contributed by atoms with Gasteiger partial charge in [0.1, 0.15) is 12.7 Å². The Morgan fingerprint density at radius 1 is 1.12 bits per heavy atom. The number of hydrogen-bond donors (Lipinski definition) is 0. The van der Waals surface area contributed by atoms with Crippen LogP contribution in [0.3, 0.4) is 0 Å². The number of aryl methyl sites for hydroxylation is 2. The van der Waals surface area contributed by atoms with Gasteiger partial charge in [-0.15, -0.1) is 0 Å². The molecule has 1 fully saturated rings. The first-order valence-electron chi connectivity index (χ1n) is 11.4. The van der Waals surface area contributed by atoms with Crippen LogP contribution in [0.25, 0.3) is 11.3 Å². The summed E-state index contributed by atoms with van der Waals surface area (Å²) in [5, 5.41) is 0. The molecule has 2 aliphatic heterocycles. The quantitative estimate of drug-likeness (QED) is 0.568. The zero-order chi connectivity index (χ0) is 22.5. The maximum atomic E-state index is 12.6. The summed E-state index contributed by atoms with van der Waals surface area (Å²) in [6, 6.07) is 18.4. The zero-order valence-corrected chi connectivity index (χ0v) is 18.5. The van der Waals surface area contributed by atoms with Gasteiger partial charge in [-0.05, 0) is 36.1 Å². The van der Waals surface area contributed by atoms with Gasteiger partial charge in [-0.1, -0.05) is 48.2 Å². The van der Waals surface area contributed by atoms with E-state index in [-0.39, 0.29) is 11.8 Å². The van der Waals surface area contributed by atoms with Crippen molar-refractivity contribution in [3.8, 4) is 29.0 Å². The fourth-order valence-corrected chi connectivity index (χ4v) is 4.19. The van der Waals surface area contributed by atoms with Gasteiger partial charge < -0.3 is 14.2 Å². The van der Waals surface area contributed by atoms with Crippen molar-refractivity contribution >= 4 is 0 Å². The Balaban J connectivity index is 1.31. The molecule has 0 saturated carbocycles. The lowest BCUT2D eigenvalue weighted by Crippen LogP contribution is -2.34. The fourth-order valence-electron chi connectivity index (χ4n) is 4.19. The van der Waals surface area contributed by atoms with Gasteiger partial charge in [-0.25, -0.2) is 4.79 Å². The molecule has 3 aromatic rings. The van der Waals surface area contributed by atoms with Crippen molar-refractivity contribution in [1.29, 1.82) is 0 Å². The first-order chi connectivity index (χ1) is 16.3. The summed E-state index contributed by atoms with van der Waals surface area (Å²) in [7, 11) is 0. The topological polar surface area (TPSA) is 62.6 Å². The molecule has 2 aliphatic rings. The summed E-state index contributed by atoms with van der Waals surface area (Å²) >= 11 is 0. The number of fused-ring (bicyclic) bond motifs is 3. The highest BCUT2D eigenvalue weighted by Crippen LogP contribution is 2.30. The molecule has 0 unspecified atom stereocenters. The van der Waals surface area contributed by atoms with Crippen LogP contribution in [0.2, 0.25) is 0 Å². The molecule has 0 spiro atoms. The van der Waals surface area contributed by atoms with Crippen LogP contribution in [0, 0.1) is 11.8 Å². The van der Waals surface area contributed by atoms with Gasteiger partial charge in [-0.2, -0.15) is 4.98 Å². The molecule has 0 radical (unpaired) electrons. The Labute approximate surface area is 193 Å². The Bertz CT molecular complexity index is 1230. The number of ether oxygens (including phenoxy) is 3. The first kappa shape index (κ1) is 21.4. The van der Waals surface area contributed by atoms with Crippen LogP contribution in [-0.2, 0) is 28.9 Å². The summed E-state index contributed by atoms with van der Waals surface area (Å²) < 4.78 is 18.5. The van der Waals surface area contributed by atoms with Gasteiger partial charge in [0.2, 0.25) is 5.88 Å². The van der Waals surface area contributed by atoms with E-state index in [4.69, 9.17) is 14.2 Å². The summed E-state index contributed by atoms with van der Waals surface area (Å²) in [4.78, 5) is 16.7. The average molecular weight is 443 g/mol. The van der Waals surface area contributed by atoms with Crippen molar-refractivity contribution in [2.75, 3.05) is 26.4 Å². The molecule has 168 valence electrons. The molecule has 33 heavy (non-hydrogen) atoms. The molecular formula is C27H26N2O4. The molecular weight excluding hydrogens is 416 g/mol. The summed E-state index contributed by atoms with van der Waals surface area (Å²) in [6.07, 6.45) is 2.40. The van der Waals surface area contributed by atoms with E-state index in [0.29, 0.717) is 38.9 Å². The molecule has 0 aliphatic carbocycles. The average Bonchev–Trinajstić information content (AvgIpc) is 2.86.